The summed E-state index contributed by atoms with van der Waals surface area (Å²) in [6, 6.07) is 15.3. The van der Waals surface area contributed by atoms with Gasteiger partial charge in [-0.2, -0.15) is 0 Å². The normalized spacial score (nSPS) is 14.8. The fourth-order valence-corrected chi connectivity index (χ4v) is 3.68. The van der Waals surface area contributed by atoms with Crippen LogP contribution in [-0.2, 0) is 16.1 Å². The van der Waals surface area contributed by atoms with E-state index in [1.807, 2.05) is 31.1 Å². The zero-order chi connectivity index (χ0) is 23.1. The molecule has 0 spiro atoms. The van der Waals surface area contributed by atoms with Gasteiger partial charge in [0.1, 0.15) is 0 Å². The summed E-state index contributed by atoms with van der Waals surface area (Å²) in [7, 11) is 6.12. The van der Waals surface area contributed by atoms with E-state index >= 15 is 0 Å². The molecule has 2 aromatic rings. The second-order valence-corrected chi connectivity index (χ2v) is 8.39. The van der Waals surface area contributed by atoms with E-state index in [1.165, 1.54) is 0 Å². The number of piperazine rings is 1. The standard InChI is InChI=1S/C25H34N4O3/c1-5-32-25(31)21-8-12-23(13-9-21)29(18-20-6-10-22(11-7-20)26(2)3)24(30)19-28-16-14-27(4)15-17-28/h6-13H,5,14-19H2,1-4H3. The summed E-state index contributed by atoms with van der Waals surface area (Å²) in [5.74, 6) is -0.302. The van der Waals surface area contributed by atoms with Gasteiger partial charge in [0.15, 0.2) is 0 Å². The Labute approximate surface area is 191 Å². The van der Waals surface area contributed by atoms with Crippen molar-refractivity contribution < 1.29 is 14.3 Å². The van der Waals surface area contributed by atoms with Crippen molar-refractivity contribution in [1.82, 2.24) is 9.80 Å². The molecule has 0 aromatic heterocycles. The van der Waals surface area contributed by atoms with E-state index in [0.717, 1.165) is 43.1 Å². The lowest BCUT2D eigenvalue weighted by molar-refractivity contribution is -0.120. The maximum atomic E-state index is 13.4. The maximum Gasteiger partial charge on any atom is 0.338 e. The number of esters is 1. The summed E-state index contributed by atoms with van der Waals surface area (Å²) in [6.45, 7) is 6.67. The molecule has 0 unspecified atom stereocenters. The summed E-state index contributed by atoms with van der Waals surface area (Å²) in [5.41, 5.74) is 3.42. The summed E-state index contributed by atoms with van der Waals surface area (Å²) in [5, 5.41) is 0. The van der Waals surface area contributed by atoms with Gasteiger partial charge in [-0.25, -0.2) is 4.79 Å². The largest absolute Gasteiger partial charge is 0.462 e. The van der Waals surface area contributed by atoms with Crippen LogP contribution in [0.5, 0.6) is 0 Å². The number of anilines is 2. The van der Waals surface area contributed by atoms with Crippen molar-refractivity contribution in [3.8, 4) is 0 Å². The monoisotopic (exact) mass is 438 g/mol. The third-order valence-electron chi connectivity index (χ3n) is 5.74. The first kappa shape index (κ1) is 23.8. The Balaban J connectivity index is 1.79. The SMILES string of the molecule is CCOC(=O)c1ccc(N(Cc2ccc(N(C)C)cc2)C(=O)CN2CCN(C)CC2)cc1. The zero-order valence-corrected chi connectivity index (χ0v) is 19.6. The first-order valence-corrected chi connectivity index (χ1v) is 11.1. The van der Waals surface area contributed by atoms with Gasteiger partial charge in [0.05, 0.1) is 25.3 Å². The van der Waals surface area contributed by atoms with Crippen LogP contribution in [0.2, 0.25) is 0 Å². The molecule has 1 heterocycles. The van der Waals surface area contributed by atoms with Gasteiger partial charge >= 0.3 is 5.97 Å². The number of rotatable bonds is 8. The molecule has 2 aromatic carbocycles. The number of likely N-dealkylation sites (N-methyl/N-ethyl adjacent to an activating group) is 1. The smallest absolute Gasteiger partial charge is 0.338 e. The number of amides is 1. The van der Waals surface area contributed by atoms with Crippen molar-refractivity contribution in [3.05, 3.63) is 59.7 Å². The van der Waals surface area contributed by atoms with Crippen molar-refractivity contribution in [3.63, 3.8) is 0 Å². The van der Waals surface area contributed by atoms with Gasteiger partial charge in [-0.15, -0.1) is 0 Å². The molecule has 32 heavy (non-hydrogen) atoms. The lowest BCUT2D eigenvalue weighted by Crippen LogP contribution is -2.48. The fraction of sp³-hybridized carbons (Fsp3) is 0.440. The Hall–Kier alpha value is -2.90. The molecule has 3 rings (SSSR count). The number of hydrogen-bond donors (Lipinski definition) is 0. The molecule has 7 heteroatoms. The van der Waals surface area contributed by atoms with Crippen LogP contribution in [0.1, 0.15) is 22.8 Å². The summed E-state index contributed by atoms with van der Waals surface area (Å²) in [4.78, 5) is 33.7. The van der Waals surface area contributed by atoms with E-state index in [9.17, 15) is 9.59 Å². The highest BCUT2D eigenvalue weighted by Gasteiger charge is 2.22. The number of carbonyl (C=O) groups excluding carboxylic acids is 2. The van der Waals surface area contributed by atoms with E-state index < -0.39 is 0 Å². The summed E-state index contributed by atoms with van der Waals surface area (Å²) in [6.07, 6.45) is 0. The number of benzene rings is 2. The Kier molecular flexibility index (Phi) is 8.25. The molecule has 1 amide bonds. The van der Waals surface area contributed by atoms with Gasteiger partial charge in [-0.3, -0.25) is 9.69 Å². The maximum absolute atomic E-state index is 13.4. The van der Waals surface area contributed by atoms with Crippen molar-refractivity contribution in [1.29, 1.82) is 0 Å². The van der Waals surface area contributed by atoms with E-state index in [-0.39, 0.29) is 11.9 Å². The second-order valence-electron chi connectivity index (χ2n) is 8.39. The average Bonchev–Trinajstić information content (AvgIpc) is 2.79. The van der Waals surface area contributed by atoms with Gasteiger partial charge in [-0.1, -0.05) is 12.1 Å². The van der Waals surface area contributed by atoms with Gasteiger partial charge in [0, 0.05) is 51.6 Å². The lowest BCUT2D eigenvalue weighted by Gasteiger charge is -2.33. The Morgan fingerprint density at radius 2 is 1.50 bits per heavy atom. The topological polar surface area (TPSA) is 56.3 Å². The predicted octanol–water partition coefficient (Wildman–Crippen LogP) is 2.71. The molecule has 1 aliphatic heterocycles. The van der Waals surface area contributed by atoms with Gasteiger partial charge < -0.3 is 19.4 Å². The molecule has 0 atom stereocenters. The average molecular weight is 439 g/mol. The molecule has 172 valence electrons. The molecular weight excluding hydrogens is 404 g/mol. The number of nitrogens with zero attached hydrogens (tertiary/aromatic N) is 4. The molecule has 1 fully saturated rings. The molecule has 0 radical (unpaired) electrons. The van der Waals surface area contributed by atoms with Crippen LogP contribution >= 0.6 is 0 Å². The predicted molar refractivity (Wildman–Crippen MR) is 128 cm³/mol. The number of ether oxygens (including phenoxy) is 1. The van der Waals surface area contributed by atoms with Crippen LogP contribution in [0.15, 0.2) is 48.5 Å². The highest BCUT2D eigenvalue weighted by Crippen LogP contribution is 2.21. The number of carbonyl (C=O) groups is 2. The third-order valence-corrected chi connectivity index (χ3v) is 5.74. The Morgan fingerprint density at radius 1 is 0.906 bits per heavy atom. The minimum atomic E-state index is -0.353. The van der Waals surface area contributed by atoms with Crippen LogP contribution in [0, 0.1) is 0 Å². The molecule has 1 saturated heterocycles. The third kappa shape index (κ3) is 6.31. The first-order valence-electron chi connectivity index (χ1n) is 11.1. The molecule has 1 aliphatic rings. The highest BCUT2D eigenvalue weighted by molar-refractivity contribution is 5.96. The first-order chi connectivity index (χ1) is 15.4. The highest BCUT2D eigenvalue weighted by atomic mass is 16.5. The van der Waals surface area contributed by atoms with Crippen molar-refractivity contribution in [2.24, 2.45) is 0 Å². The van der Waals surface area contributed by atoms with Crippen molar-refractivity contribution in [2.45, 2.75) is 13.5 Å². The summed E-state index contributed by atoms with van der Waals surface area (Å²) >= 11 is 0. The minimum absolute atomic E-state index is 0.0510. The Bertz CT molecular complexity index is 888. The van der Waals surface area contributed by atoms with Crippen LogP contribution in [-0.4, -0.2) is 82.1 Å². The lowest BCUT2D eigenvalue weighted by atomic mass is 10.1. The minimum Gasteiger partial charge on any atom is -0.462 e. The van der Waals surface area contributed by atoms with E-state index in [2.05, 4.69) is 41.1 Å². The van der Waals surface area contributed by atoms with E-state index in [1.54, 1.807) is 24.0 Å². The van der Waals surface area contributed by atoms with Gasteiger partial charge in [-0.05, 0) is 55.9 Å². The van der Waals surface area contributed by atoms with Crippen LogP contribution in [0.25, 0.3) is 0 Å². The van der Waals surface area contributed by atoms with E-state index in [4.69, 9.17) is 4.74 Å². The fourth-order valence-electron chi connectivity index (χ4n) is 3.68. The van der Waals surface area contributed by atoms with Crippen molar-refractivity contribution >= 4 is 23.3 Å². The second kappa shape index (κ2) is 11.1. The van der Waals surface area contributed by atoms with Crippen LogP contribution in [0.3, 0.4) is 0 Å². The van der Waals surface area contributed by atoms with Gasteiger partial charge in [0.25, 0.3) is 0 Å². The summed E-state index contributed by atoms with van der Waals surface area (Å²) < 4.78 is 5.08. The zero-order valence-electron chi connectivity index (χ0n) is 19.6. The van der Waals surface area contributed by atoms with Gasteiger partial charge in [0.2, 0.25) is 5.91 Å². The van der Waals surface area contributed by atoms with Crippen LogP contribution < -0.4 is 9.80 Å². The molecule has 0 N–H and O–H groups in total. The number of hydrogen-bond acceptors (Lipinski definition) is 6. The van der Waals surface area contributed by atoms with Crippen LogP contribution in [0.4, 0.5) is 11.4 Å². The van der Waals surface area contributed by atoms with E-state index in [0.29, 0.717) is 25.3 Å². The Morgan fingerprint density at radius 3 is 2.06 bits per heavy atom. The molecule has 7 nitrogen and oxygen atoms in total. The molecule has 0 bridgehead atoms. The molecule has 0 saturated carbocycles. The molecule has 0 aliphatic carbocycles. The van der Waals surface area contributed by atoms with Crippen molar-refractivity contribution in [2.75, 3.05) is 70.3 Å². The quantitative estimate of drug-likeness (QED) is 0.591. The molecular formula is C25H34N4O3.